The van der Waals surface area contributed by atoms with E-state index in [1.54, 1.807) is 24.3 Å². The third kappa shape index (κ3) is 9.16. The monoisotopic (exact) mass is 440 g/mol. The number of hydrogen-bond donors (Lipinski definition) is 0. The molecule has 0 radical (unpaired) electrons. The lowest BCUT2D eigenvalue weighted by Gasteiger charge is -2.39. The van der Waals surface area contributed by atoms with E-state index in [9.17, 15) is 8.42 Å². The van der Waals surface area contributed by atoms with Gasteiger partial charge in [0.2, 0.25) is 0 Å². The van der Waals surface area contributed by atoms with Crippen molar-refractivity contribution >= 4 is 18.4 Å². The van der Waals surface area contributed by atoms with Crippen molar-refractivity contribution in [1.29, 1.82) is 0 Å². The molecule has 1 rings (SSSR count). The molecule has 1 aromatic rings. The molecule has 0 bridgehead atoms. The molecular formula is C23H40O4SSi. The van der Waals surface area contributed by atoms with Crippen molar-refractivity contribution in [2.45, 2.75) is 95.4 Å². The zero-order valence-electron chi connectivity index (χ0n) is 19.2. The summed E-state index contributed by atoms with van der Waals surface area (Å²) in [7, 11) is -5.80. The second kappa shape index (κ2) is 11.4. The lowest BCUT2D eigenvalue weighted by Crippen LogP contribution is -2.45. The van der Waals surface area contributed by atoms with Crippen molar-refractivity contribution < 1.29 is 17.0 Å². The van der Waals surface area contributed by atoms with Gasteiger partial charge in [-0.05, 0) is 56.5 Å². The topological polar surface area (TPSA) is 52.6 Å². The molecule has 0 unspecified atom stereocenters. The maximum absolute atomic E-state index is 12.6. The first-order chi connectivity index (χ1) is 13.4. The van der Waals surface area contributed by atoms with Crippen LogP contribution in [0.1, 0.15) is 64.9 Å². The molecule has 6 heteroatoms. The van der Waals surface area contributed by atoms with Crippen molar-refractivity contribution in [1.82, 2.24) is 0 Å². The second-order valence-electron chi connectivity index (χ2n) is 9.33. The lowest BCUT2D eigenvalue weighted by atomic mass is 10.1. The highest BCUT2D eigenvalue weighted by Gasteiger charge is 2.39. The molecule has 0 amide bonds. The van der Waals surface area contributed by atoms with Gasteiger partial charge in [-0.2, -0.15) is 8.42 Å². The summed E-state index contributed by atoms with van der Waals surface area (Å²) in [6, 6.07) is 6.74. The van der Waals surface area contributed by atoms with Crippen LogP contribution in [0.3, 0.4) is 0 Å². The van der Waals surface area contributed by atoms with Crippen molar-refractivity contribution in [3.8, 4) is 0 Å². The summed E-state index contributed by atoms with van der Waals surface area (Å²) in [5.41, 5.74) is 1.01. The van der Waals surface area contributed by atoms with E-state index in [1.807, 2.05) is 13.0 Å². The minimum Gasteiger partial charge on any atom is -0.412 e. The van der Waals surface area contributed by atoms with Crippen LogP contribution in [0, 0.1) is 6.92 Å². The second-order valence-corrected chi connectivity index (χ2v) is 15.7. The molecule has 0 spiro atoms. The third-order valence-corrected chi connectivity index (χ3v) is 11.5. The Balaban J connectivity index is 2.76. The fraction of sp³-hybridized carbons (Fsp3) is 0.652. The van der Waals surface area contributed by atoms with E-state index in [4.69, 9.17) is 8.61 Å². The van der Waals surface area contributed by atoms with Gasteiger partial charge < -0.3 is 4.43 Å². The van der Waals surface area contributed by atoms with Crippen LogP contribution < -0.4 is 0 Å². The summed E-state index contributed by atoms with van der Waals surface area (Å²) in [6.07, 6.45) is 8.01. The molecule has 1 aromatic carbocycles. The minimum atomic E-state index is -3.78. The molecule has 0 aliphatic carbocycles. The van der Waals surface area contributed by atoms with Crippen LogP contribution in [-0.2, 0) is 18.7 Å². The van der Waals surface area contributed by atoms with Gasteiger partial charge in [0.05, 0.1) is 17.6 Å². The van der Waals surface area contributed by atoms with Crippen molar-refractivity contribution in [2.24, 2.45) is 0 Å². The van der Waals surface area contributed by atoms with Crippen LogP contribution in [0.15, 0.2) is 41.8 Å². The summed E-state index contributed by atoms with van der Waals surface area (Å²) < 4.78 is 37.1. The zero-order valence-corrected chi connectivity index (χ0v) is 21.0. The number of allylic oxidation sites excluding steroid dienone is 1. The summed E-state index contributed by atoms with van der Waals surface area (Å²) in [5.74, 6) is 0. The molecular weight excluding hydrogens is 400 g/mol. The number of rotatable bonds is 13. The van der Waals surface area contributed by atoms with Crippen LogP contribution >= 0.6 is 0 Å². The number of unbranched alkanes of at least 4 members (excludes halogenated alkanes) is 4. The molecule has 1 atom stereocenters. The van der Waals surface area contributed by atoms with Crippen molar-refractivity contribution in [3.05, 3.63) is 42.5 Å². The van der Waals surface area contributed by atoms with Crippen LogP contribution in [0.25, 0.3) is 0 Å². The van der Waals surface area contributed by atoms with Crippen LogP contribution in [-0.4, -0.2) is 29.4 Å². The molecule has 0 fully saturated rings. The Bertz CT molecular complexity index is 718. The Kier molecular flexibility index (Phi) is 10.3. The predicted octanol–water partition coefficient (Wildman–Crippen LogP) is 6.62. The molecule has 0 aliphatic rings. The highest BCUT2D eigenvalue weighted by atomic mass is 32.2. The molecule has 166 valence electrons. The maximum atomic E-state index is 12.6. The SMILES string of the molecule is C=CCCCCCC[C@H](COS(=O)(=O)c1ccc(C)cc1)O[Si](C)(C)C(C)(C)C. The third-order valence-electron chi connectivity index (χ3n) is 5.67. The average Bonchev–Trinajstić information content (AvgIpc) is 2.61. The van der Waals surface area contributed by atoms with Crippen molar-refractivity contribution in [2.75, 3.05) is 6.61 Å². The minimum absolute atomic E-state index is 0.0606. The van der Waals surface area contributed by atoms with Gasteiger partial charge in [-0.15, -0.1) is 6.58 Å². The molecule has 29 heavy (non-hydrogen) atoms. The molecule has 0 saturated carbocycles. The molecule has 0 aliphatic heterocycles. The summed E-state index contributed by atoms with van der Waals surface area (Å²) in [5, 5.41) is 0.0606. The average molecular weight is 441 g/mol. The molecule has 0 saturated heterocycles. The Hall–Kier alpha value is -0.953. The highest BCUT2D eigenvalue weighted by Crippen LogP contribution is 2.38. The van der Waals surface area contributed by atoms with E-state index in [2.05, 4.69) is 40.4 Å². The van der Waals surface area contributed by atoms with Gasteiger partial charge in [0.1, 0.15) is 0 Å². The first-order valence-corrected chi connectivity index (χ1v) is 15.0. The smallest absolute Gasteiger partial charge is 0.297 e. The fourth-order valence-corrected chi connectivity index (χ4v) is 5.03. The first-order valence-electron chi connectivity index (χ1n) is 10.6. The van der Waals surface area contributed by atoms with Gasteiger partial charge >= 0.3 is 0 Å². The fourth-order valence-electron chi connectivity index (χ4n) is 2.72. The zero-order chi connectivity index (χ0) is 22.1. The van der Waals surface area contributed by atoms with Gasteiger partial charge in [0.15, 0.2) is 8.32 Å². The summed E-state index contributed by atoms with van der Waals surface area (Å²) in [6.45, 7) is 16.7. The summed E-state index contributed by atoms with van der Waals surface area (Å²) in [4.78, 5) is 0.193. The first kappa shape index (κ1) is 26.1. The van der Waals surface area contributed by atoms with E-state index in [0.29, 0.717) is 0 Å². The number of aryl methyl sites for hydroxylation is 1. The Morgan fingerprint density at radius 2 is 1.66 bits per heavy atom. The number of hydrogen-bond acceptors (Lipinski definition) is 4. The summed E-state index contributed by atoms with van der Waals surface area (Å²) >= 11 is 0. The standard InChI is InChI=1S/C23H40O4SSi/c1-8-9-10-11-12-13-14-21(27-29(6,7)23(3,4)5)19-26-28(24,25)22-17-15-20(2)16-18-22/h8,15-18,21H,1,9-14,19H2,2-7H3/t21-/m1/s1. The predicted molar refractivity (Wildman–Crippen MR) is 124 cm³/mol. The van der Waals surface area contributed by atoms with Crippen molar-refractivity contribution in [3.63, 3.8) is 0 Å². The molecule has 4 nitrogen and oxygen atoms in total. The van der Waals surface area contributed by atoms with Gasteiger partial charge in [-0.3, -0.25) is 4.18 Å². The molecule has 0 N–H and O–H groups in total. The van der Waals surface area contributed by atoms with E-state index in [1.165, 1.54) is 0 Å². The van der Waals surface area contributed by atoms with Gasteiger partial charge in [0, 0.05) is 0 Å². The van der Waals surface area contributed by atoms with E-state index < -0.39 is 18.4 Å². The van der Waals surface area contributed by atoms with E-state index in [0.717, 1.165) is 44.1 Å². The van der Waals surface area contributed by atoms with Crippen LogP contribution in [0.4, 0.5) is 0 Å². The normalized spacial score (nSPS) is 14.0. The molecule has 0 heterocycles. The van der Waals surface area contributed by atoms with Gasteiger partial charge in [-0.1, -0.05) is 63.8 Å². The lowest BCUT2D eigenvalue weighted by molar-refractivity contribution is 0.108. The number of benzene rings is 1. The Morgan fingerprint density at radius 1 is 1.07 bits per heavy atom. The largest absolute Gasteiger partial charge is 0.412 e. The van der Waals surface area contributed by atoms with Crippen LogP contribution in [0.2, 0.25) is 18.1 Å². The van der Waals surface area contributed by atoms with E-state index >= 15 is 0 Å². The molecule has 0 aromatic heterocycles. The Labute approximate surface area is 180 Å². The van der Waals surface area contributed by atoms with Gasteiger partial charge in [0.25, 0.3) is 10.1 Å². The highest BCUT2D eigenvalue weighted by molar-refractivity contribution is 7.86. The van der Waals surface area contributed by atoms with Gasteiger partial charge in [-0.25, -0.2) is 0 Å². The maximum Gasteiger partial charge on any atom is 0.297 e. The van der Waals surface area contributed by atoms with E-state index in [-0.39, 0.29) is 22.6 Å². The Morgan fingerprint density at radius 3 is 2.21 bits per heavy atom. The quantitative estimate of drug-likeness (QED) is 0.150. The van der Waals surface area contributed by atoms with Crippen LogP contribution in [0.5, 0.6) is 0 Å².